The van der Waals surface area contributed by atoms with Crippen molar-refractivity contribution in [3.8, 4) is 0 Å². The van der Waals surface area contributed by atoms with Crippen LogP contribution >= 0.6 is 11.3 Å². The molecule has 0 unspecified atom stereocenters. The third-order valence-corrected chi connectivity index (χ3v) is 5.91. The normalized spacial score (nSPS) is 27.5. The molecule has 6 heteroatoms. The fourth-order valence-corrected chi connectivity index (χ4v) is 4.69. The first-order chi connectivity index (χ1) is 11.8. The molecule has 0 aliphatic carbocycles. The van der Waals surface area contributed by atoms with E-state index in [4.69, 9.17) is 4.74 Å². The van der Waals surface area contributed by atoms with Gasteiger partial charge in [-0.05, 0) is 42.3 Å². The lowest BCUT2D eigenvalue weighted by Gasteiger charge is -2.34. The highest BCUT2D eigenvalue weighted by molar-refractivity contribution is 7.07. The molecule has 2 fully saturated rings. The van der Waals surface area contributed by atoms with E-state index in [0.717, 1.165) is 31.8 Å². The van der Waals surface area contributed by atoms with E-state index in [1.165, 1.54) is 18.4 Å². The van der Waals surface area contributed by atoms with Crippen LogP contribution in [0.15, 0.2) is 35.5 Å². The molecule has 0 aromatic carbocycles. The maximum atomic E-state index is 6.21. The minimum absolute atomic E-state index is 0.312. The lowest BCUT2D eigenvalue weighted by molar-refractivity contribution is -0.0385. The number of likely N-dealkylation sites (N-methyl/N-ethyl adjacent to an activating group) is 1. The molecule has 2 saturated heterocycles. The summed E-state index contributed by atoms with van der Waals surface area (Å²) in [6.07, 6.45) is 8.12. The molecule has 2 aliphatic heterocycles. The summed E-state index contributed by atoms with van der Waals surface area (Å²) in [5.74, 6) is 0. The number of likely N-dealkylation sites (tertiary alicyclic amines) is 1. The molecule has 0 spiro atoms. The van der Waals surface area contributed by atoms with Gasteiger partial charge in [0, 0.05) is 50.2 Å². The zero-order chi connectivity index (χ0) is 16.4. The Morgan fingerprint density at radius 1 is 1.33 bits per heavy atom. The van der Waals surface area contributed by atoms with Gasteiger partial charge in [-0.3, -0.25) is 9.80 Å². The number of hydrogen-bond donors (Lipinski definition) is 0. The third-order valence-electron chi connectivity index (χ3n) is 5.18. The van der Waals surface area contributed by atoms with E-state index in [9.17, 15) is 0 Å². The van der Waals surface area contributed by atoms with Gasteiger partial charge in [-0.2, -0.15) is 11.3 Å². The van der Waals surface area contributed by atoms with E-state index >= 15 is 0 Å². The number of ether oxygens (including phenoxy) is 1. The summed E-state index contributed by atoms with van der Waals surface area (Å²) in [5.41, 5.74) is 2.58. The largest absolute Gasteiger partial charge is 0.375 e. The van der Waals surface area contributed by atoms with E-state index in [2.05, 4.69) is 43.6 Å². The van der Waals surface area contributed by atoms with Crippen molar-refractivity contribution in [1.29, 1.82) is 0 Å². The van der Waals surface area contributed by atoms with Crippen LogP contribution in [0, 0.1) is 0 Å². The summed E-state index contributed by atoms with van der Waals surface area (Å²) in [7, 11) is 2.20. The zero-order valence-electron chi connectivity index (χ0n) is 14.0. The van der Waals surface area contributed by atoms with Crippen molar-refractivity contribution < 1.29 is 4.74 Å². The molecule has 0 N–H and O–H groups in total. The number of fused-ring (bicyclic) bond motifs is 1. The van der Waals surface area contributed by atoms with Crippen LogP contribution in [0.25, 0.3) is 0 Å². The number of nitrogens with zero attached hydrogens (tertiary/aromatic N) is 4. The number of rotatable bonds is 5. The van der Waals surface area contributed by atoms with E-state index in [-0.39, 0.29) is 0 Å². The Kier molecular flexibility index (Phi) is 4.89. The summed E-state index contributed by atoms with van der Waals surface area (Å²) < 4.78 is 6.21. The molecule has 0 amide bonds. The number of hydrogen-bond acceptors (Lipinski definition) is 6. The molecule has 5 nitrogen and oxygen atoms in total. The van der Waals surface area contributed by atoms with Gasteiger partial charge in [0.25, 0.3) is 0 Å². The average Bonchev–Trinajstić information content (AvgIpc) is 3.25. The Labute approximate surface area is 147 Å². The second-order valence-electron chi connectivity index (χ2n) is 6.84. The predicted octanol–water partition coefficient (Wildman–Crippen LogP) is 2.40. The Morgan fingerprint density at radius 2 is 2.21 bits per heavy atom. The molecule has 2 aliphatic rings. The van der Waals surface area contributed by atoms with Crippen molar-refractivity contribution in [1.82, 2.24) is 19.8 Å². The van der Waals surface area contributed by atoms with Crippen LogP contribution < -0.4 is 0 Å². The fraction of sp³-hybridized carbons (Fsp3) is 0.556. The van der Waals surface area contributed by atoms with Gasteiger partial charge < -0.3 is 4.74 Å². The van der Waals surface area contributed by atoms with Crippen LogP contribution in [0.4, 0.5) is 0 Å². The van der Waals surface area contributed by atoms with E-state index < -0.39 is 0 Å². The molecule has 128 valence electrons. The first-order valence-electron chi connectivity index (χ1n) is 8.62. The summed E-state index contributed by atoms with van der Waals surface area (Å²) in [6, 6.07) is 3.20. The minimum Gasteiger partial charge on any atom is -0.375 e. The van der Waals surface area contributed by atoms with E-state index in [0.29, 0.717) is 18.2 Å². The van der Waals surface area contributed by atoms with Crippen LogP contribution in [0.3, 0.4) is 0 Å². The molecular formula is C18H24N4OS. The standard InChI is InChI=1S/C18H24N4OS/c1-21(9-15-7-19-13-20-8-15)17-11-22(10-14-4-6-24-12-14)16-3-2-5-23-18(16)17/h4,6-8,12-13,16-18H,2-3,5,9-11H2,1H3/t16-,17+,18+/m0/s1. The van der Waals surface area contributed by atoms with Crippen LogP contribution in [0.1, 0.15) is 24.0 Å². The fourth-order valence-electron chi connectivity index (χ4n) is 4.03. The number of aromatic nitrogens is 2. The van der Waals surface area contributed by atoms with Crippen LogP contribution in [0.5, 0.6) is 0 Å². The molecule has 0 saturated carbocycles. The van der Waals surface area contributed by atoms with Crippen LogP contribution in [-0.2, 0) is 17.8 Å². The summed E-state index contributed by atoms with van der Waals surface area (Å²) >= 11 is 1.78. The van der Waals surface area contributed by atoms with Crippen molar-refractivity contribution in [3.63, 3.8) is 0 Å². The number of thiophene rings is 1. The molecule has 24 heavy (non-hydrogen) atoms. The monoisotopic (exact) mass is 344 g/mol. The summed E-state index contributed by atoms with van der Waals surface area (Å²) in [5, 5.41) is 4.43. The quantitative estimate of drug-likeness (QED) is 0.833. The molecule has 0 bridgehead atoms. The van der Waals surface area contributed by atoms with Crippen molar-refractivity contribution in [2.24, 2.45) is 0 Å². The summed E-state index contributed by atoms with van der Waals surface area (Å²) in [4.78, 5) is 13.3. The molecule has 2 aromatic heterocycles. The summed E-state index contributed by atoms with van der Waals surface area (Å²) in [6.45, 7) is 3.86. The minimum atomic E-state index is 0.312. The Hall–Kier alpha value is -1.34. The van der Waals surface area contributed by atoms with E-state index in [1.54, 1.807) is 17.7 Å². The average molecular weight is 344 g/mol. The molecule has 2 aromatic rings. The molecular weight excluding hydrogens is 320 g/mol. The van der Waals surface area contributed by atoms with Gasteiger partial charge in [-0.1, -0.05) is 0 Å². The highest BCUT2D eigenvalue weighted by atomic mass is 32.1. The van der Waals surface area contributed by atoms with E-state index in [1.807, 2.05) is 12.4 Å². The van der Waals surface area contributed by atoms with Crippen LogP contribution in [0.2, 0.25) is 0 Å². The Bertz CT molecular complexity index is 636. The topological polar surface area (TPSA) is 41.5 Å². The third kappa shape index (κ3) is 3.37. The van der Waals surface area contributed by atoms with Gasteiger partial charge in [-0.15, -0.1) is 0 Å². The first kappa shape index (κ1) is 16.1. The van der Waals surface area contributed by atoms with Crippen molar-refractivity contribution >= 4 is 11.3 Å². The Balaban J connectivity index is 1.48. The van der Waals surface area contributed by atoms with Crippen molar-refractivity contribution in [2.45, 2.75) is 44.1 Å². The molecule has 0 radical (unpaired) electrons. The van der Waals surface area contributed by atoms with Gasteiger partial charge in [0.2, 0.25) is 0 Å². The maximum absolute atomic E-state index is 6.21. The second kappa shape index (κ2) is 7.27. The molecule has 4 heterocycles. The van der Waals surface area contributed by atoms with Gasteiger partial charge in [0.05, 0.1) is 12.1 Å². The maximum Gasteiger partial charge on any atom is 0.115 e. The molecule has 4 rings (SSSR count). The lowest BCUT2D eigenvalue weighted by atomic mass is 10.00. The lowest BCUT2D eigenvalue weighted by Crippen LogP contribution is -2.46. The SMILES string of the molecule is CN(Cc1cncnc1)[C@@H]1CN(Cc2ccsc2)[C@H]2CCCO[C@@H]12. The van der Waals surface area contributed by atoms with Gasteiger partial charge >= 0.3 is 0 Å². The first-order valence-corrected chi connectivity index (χ1v) is 9.56. The van der Waals surface area contributed by atoms with Crippen molar-refractivity contribution in [3.05, 3.63) is 46.7 Å². The highest BCUT2D eigenvalue weighted by Gasteiger charge is 2.45. The van der Waals surface area contributed by atoms with Gasteiger partial charge in [0.1, 0.15) is 6.33 Å². The Morgan fingerprint density at radius 3 is 3.00 bits per heavy atom. The smallest absolute Gasteiger partial charge is 0.115 e. The van der Waals surface area contributed by atoms with Gasteiger partial charge in [-0.25, -0.2) is 9.97 Å². The van der Waals surface area contributed by atoms with Crippen molar-refractivity contribution in [2.75, 3.05) is 20.2 Å². The zero-order valence-corrected chi connectivity index (χ0v) is 14.9. The van der Waals surface area contributed by atoms with Gasteiger partial charge in [0.15, 0.2) is 0 Å². The van der Waals surface area contributed by atoms with Crippen LogP contribution in [-0.4, -0.2) is 58.2 Å². The predicted molar refractivity (Wildman–Crippen MR) is 94.8 cm³/mol. The molecule has 3 atom stereocenters. The highest BCUT2D eigenvalue weighted by Crippen LogP contribution is 2.33. The second-order valence-corrected chi connectivity index (χ2v) is 7.62.